The number of nitrogens with zero attached hydrogens (tertiary/aromatic N) is 1. The van der Waals surface area contributed by atoms with Gasteiger partial charge < -0.3 is 5.73 Å². The van der Waals surface area contributed by atoms with Gasteiger partial charge in [-0.2, -0.15) is 0 Å². The fourth-order valence-corrected chi connectivity index (χ4v) is 3.25. The summed E-state index contributed by atoms with van der Waals surface area (Å²) in [4.78, 5) is 4.94. The molecule has 1 aromatic rings. The molecule has 0 amide bonds. The Bertz CT molecular complexity index is 418. The van der Waals surface area contributed by atoms with Crippen LogP contribution in [-0.2, 0) is 16.4 Å². The van der Waals surface area contributed by atoms with E-state index >= 15 is 0 Å². The van der Waals surface area contributed by atoms with Crippen molar-refractivity contribution in [2.75, 3.05) is 17.8 Å². The molecule has 6 heteroatoms. The summed E-state index contributed by atoms with van der Waals surface area (Å²) in [6, 6.07) is 1.85. The Balaban J connectivity index is 2.58. The molecule has 0 saturated carbocycles. The van der Waals surface area contributed by atoms with E-state index in [1.807, 2.05) is 6.07 Å². The average Bonchev–Trinajstić information content (AvgIpc) is 2.16. The standard InChI is InChI=1S/C9H14N2O2S2/c1-15(12,13)5-4-14-9-7-11-3-2-8(9)6-10/h2-3,7H,4-6,10H2,1H3. The summed E-state index contributed by atoms with van der Waals surface area (Å²) >= 11 is 1.48. The highest BCUT2D eigenvalue weighted by Gasteiger charge is 2.05. The summed E-state index contributed by atoms with van der Waals surface area (Å²) in [6.07, 6.45) is 4.64. The third kappa shape index (κ3) is 4.63. The molecular formula is C9H14N2O2S2. The van der Waals surface area contributed by atoms with Gasteiger partial charge in [-0.25, -0.2) is 8.42 Å². The van der Waals surface area contributed by atoms with Gasteiger partial charge in [0.15, 0.2) is 0 Å². The summed E-state index contributed by atoms with van der Waals surface area (Å²) in [5.41, 5.74) is 6.55. The zero-order chi connectivity index (χ0) is 11.3. The van der Waals surface area contributed by atoms with Gasteiger partial charge in [0.1, 0.15) is 9.84 Å². The predicted octanol–water partition coefficient (Wildman–Crippen LogP) is 0.677. The first-order valence-electron chi connectivity index (χ1n) is 4.46. The van der Waals surface area contributed by atoms with Crippen molar-refractivity contribution in [2.45, 2.75) is 11.4 Å². The van der Waals surface area contributed by atoms with Crippen LogP contribution in [0.25, 0.3) is 0 Å². The zero-order valence-corrected chi connectivity index (χ0v) is 10.1. The highest BCUT2D eigenvalue weighted by molar-refractivity contribution is 8.00. The van der Waals surface area contributed by atoms with Crippen LogP contribution in [0, 0.1) is 0 Å². The van der Waals surface area contributed by atoms with Crippen molar-refractivity contribution >= 4 is 21.6 Å². The molecule has 0 radical (unpaired) electrons. The third-order valence-electron chi connectivity index (χ3n) is 1.80. The number of pyridine rings is 1. The molecule has 0 fully saturated rings. The number of nitrogens with two attached hydrogens (primary N) is 1. The highest BCUT2D eigenvalue weighted by atomic mass is 32.2. The number of aromatic nitrogens is 1. The van der Waals surface area contributed by atoms with Crippen LogP contribution in [0.1, 0.15) is 5.56 Å². The smallest absolute Gasteiger partial charge is 0.148 e. The molecule has 84 valence electrons. The Hall–Kier alpha value is -0.590. The SMILES string of the molecule is CS(=O)(=O)CCSc1cnccc1CN. The molecule has 15 heavy (non-hydrogen) atoms. The average molecular weight is 246 g/mol. The molecule has 1 rings (SSSR count). The van der Waals surface area contributed by atoms with Crippen molar-refractivity contribution in [1.82, 2.24) is 4.98 Å². The van der Waals surface area contributed by atoms with Crippen molar-refractivity contribution in [2.24, 2.45) is 5.73 Å². The molecule has 0 atom stereocenters. The largest absolute Gasteiger partial charge is 0.326 e. The summed E-state index contributed by atoms with van der Waals surface area (Å²) in [6.45, 7) is 0.448. The summed E-state index contributed by atoms with van der Waals surface area (Å²) in [7, 11) is -2.89. The maximum Gasteiger partial charge on any atom is 0.148 e. The van der Waals surface area contributed by atoms with E-state index in [0.29, 0.717) is 12.3 Å². The van der Waals surface area contributed by atoms with Crippen LogP contribution in [0.2, 0.25) is 0 Å². The first-order valence-corrected chi connectivity index (χ1v) is 7.51. The summed E-state index contributed by atoms with van der Waals surface area (Å²) in [5.74, 6) is 0.716. The second-order valence-electron chi connectivity index (χ2n) is 3.17. The molecule has 0 unspecified atom stereocenters. The van der Waals surface area contributed by atoms with E-state index in [4.69, 9.17) is 5.73 Å². The van der Waals surface area contributed by atoms with Gasteiger partial charge in [0.2, 0.25) is 0 Å². The fourth-order valence-electron chi connectivity index (χ4n) is 1.01. The Morgan fingerprint density at radius 3 is 2.87 bits per heavy atom. The molecule has 1 heterocycles. The third-order valence-corrected chi connectivity index (χ3v) is 4.09. The van der Waals surface area contributed by atoms with E-state index < -0.39 is 9.84 Å². The minimum absolute atomic E-state index is 0.177. The Morgan fingerprint density at radius 2 is 2.27 bits per heavy atom. The number of hydrogen-bond acceptors (Lipinski definition) is 5. The fraction of sp³-hybridized carbons (Fsp3) is 0.444. The lowest BCUT2D eigenvalue weighted by molar-refractivity contribution is 0.603. The highest BCUT2D eigenvalue weighted by Crippen LogP contribution is 2.21. The van der Waals surface area contributed by atoms with Gasteiger partial charge >= 0.3 is 0 Å². The number of thioether (sulfide) groups is 1. The lowest BCUT2D eigenvalue weighted by Gasteiger charge is -2.05. The van der Waals surface area contributed by atoms with Gasteiger partial charge in [0.05, 0.1) is 5.75 Å². The topological polar surface area (TPSA) is 73.0 Å². The zero-order valence-electron chi connectivity index (χ0n) is 8.51. The predicted molar refractivity (Wildman–Crippen MR) is 62.6 cm³/mol. The van der Waals surface area contributed by atoms with Gasteiger partial charge in [0, 0.05) is 35.8 Å². The van der Waals surface area contributed by atoms with Gasteiger partial charge in [-0.05, 0) is 11.6 Å². The van der Waals surface area contributed by atoms with Crippen LogP contribution in [0.5, 0.6) is 0 Å². The second-order valence-corrected chi connectivity index (χ2v) is 6.56. The van der Waals surface area contributed by atoms with E-state index in [-0.39, 0.29) is 5.75 Å². The van der Waals surface area contributed by atoms with Crippen molar-refractivity contribution in [1.29, 1.82) is 0 Å². The maximum atomic E-state index is 10.9. The Labute approximate surface area is 94.2 Å². The van der Waals surface area contributed by atoms with E-state index in [2.05, 4.69) is 4.98 Å². The van der Waals surface area contributed by atoms with Crippen LogP contribution in [0.4, 0.5) is 0 Å². The second kappa shape index (κ2) is 5.48. The number of rotatable bonds is 5. The van der Waals surface area contributed by atoms with E-state index in [9.17, 15) is 8.42 Å². The van der Waals surface area contributed by atoms with Crippen LogP contribution in [0.15, 0.2) is 23.4 Å². The lowest BCUT2D eigenvalue weighted by Crippen LogP contribution is -2.06. The van der Waals surface area contributed by atoms with E-state index in [0.717, 1.165) is 10.5 Å². The van der Waals surface area contributed by atoms with Crippen LogP contribution in [-0.4, -0.2) is 31.2 Å². The van der Waals surface area contributed by atoms with Crippen molar-refractivity contribution in [3.8, 4) is 0 Å². The normalized spacial score (nSPS) is 11.6. The monoisotopic (exact) mass is 246 g/mol. The number of sulfone groups is 1. The molecule has 0 aliphatic carbocycles. The van der Waals surface area contributed by atoms with Gasteiger partial charge in [-0.15, -0.1) is 11.8 Å². The molecule has 1 aromatic heterocycles. The molecule has 4 nitrogen and oxygen atoms in total. The van der Waals surface area contributed by atoms with Gasteiger partial charge in [0.25, 0.3) is 0 Å². The van der Waals surface area contributed by atoms with Gasteiger partial charge in [-0.3, -0.25) is 4.98 Å². The Morgan fingerprint density at radius 1 is 1.53 bits per heavy atom. The molecule has 0 aliphatic rings. The first-order chi connectivity index (χ1) is 7.03. The first kappa shape index (κ1) is 12.5. The minimum atomic E-state index is -2.89. The van der Waals surface area contributed by atoms with Crippen molar-refractivity contribution in [3.05, 3.63) is 24.0 Å². The summed E-state index contributed by atoms with van der Waals surface area (Å²) < 4.78 is 21.8. The Kier molecular flexibility index (Phi) is 4.56. The number of hydrogen-bond donors (Lipinski definition) is 1. The van der Waals surface area contributed by atoms with Crippen LogP contribution < -0.4 is 5.73 Å². The summed E-state index contributed by atoms with van der Waals surface area (Å²) in [5, 5.41) is 0. The molecule has 0 aliphatic heterocycles. The van der Waals surface area contributed by atoms with Crippen molar-refractivity contribution < 1.29 is 8.42 Å². The van der Waals surface area contributed by atoms with E-state index in [1.165, 1.54) is 18.0 Å². The van der Waals surface area contributed by atoms with Gasteiger partial charge in [-0.1, -0.05) is 0 Å². The molecule has 2 N–H and O–H groups in total. The minimum Gasteiger partial charge on any atom is -0.326 e. The maximum absolute atomic E-state index is 10.9. The van der Waals surface area contributed by atoms with Crippen LogP contribution >= 0.6 is 11.8 Å². The molecule has 0 saturated heterocycles. The lowest BCUT2D eigenvalue weighted by atomic mass is 10.3. The van der Waals surface area contributed by atoms with E-state index in [1.54, 1.807) is 12.4 Å². The molecule has 0 bridgehead atoms. The molecule has 0 aromatic carbocycles. The van der Waals surface area contributed by atoms with Crippen LogP contribution in [0.3, 0.4) is 0 Å². The van der Waals surface area contributed by atoms with Crippen molar-refractivity contribution in [3.63, 3.8) is 0 Å². The molecule has 0 spiro atoms. The quantitative estimate of drug-likeness (QED) is 0.773. The molecular weight excluding hydrogens is 232 g/mol.